The molecule has 152 valence electrons. The van der Waals surface area contributed by atoms with Crippen molar-refractivity contribution in [2.45, 2.75) is 52.1 Å². The van der Waals surface area contributed by atoms with E-state index in [1.807, 2.05) is 4.90 Å². The van der Waals surface area contributed by atoms with Crippen molar-refractivity contribution in [2.24, 2.45) is 0 Å². The van der Waals surface area contributed by atoms with Crippen LogP contribution in [0, 0.1) is 12.7 Å². The Balaban J connectivity index is 1.79. The van der Waals surface area contributed by atoms with Crippen molar-refractivity contribution in [1.29, 1.82) is 0 Å². The molecular formula is C23H25FN2O3. The number of hydrogen-bond acceptors (Lipinski definition) is 3. The second kappa shape index (κ2) is 7.85. The lowest BCUT2D eigenvalue weighted by atomic mass is 9.98. The van der Waals surface area contributed by atoms with Crippen LogP contribution in [-0.2, 0) is 6.54 Å². The number of aryl methyl sites for hydroxylation is 1. The number of halogens is 1. The summed E-state index contributed by atoms with van der Waals surface area (Å²) < 4.78 is 21.2. The fraction of sp³-hybridized carbons (Fsp3) is 0.391. The number of aromatic nitrogens is 1. The third-order valence-electron chi connectivity index (χ3n) is 5.86. The smallest absolute Gasteiger partial charge is 0.262 e. The zero-order valence-electron chi connectivity index (χ0n) is 16.8. The predicted octanol–water partition coefficient (Wildman–Crippen LogP) is 4.50. The Hall–Kier alpha value is -2.89. The fourth-order valence-corrected chi connectivity index (χ4v) is 4.29. The Kier molecular flexibility index (Phi) is 5.26. The first kappa shape index (κ1) is 19.4. The average molecular weight is 396 g/mol. The average Bonchev–Trinajstić information content (AvgIpc) is 3.07. The van der Waals surface area contributed by atoms with E-state index in [-0.39, 0.29) is 35.3 Å². The predicted molar refractivity (Wildman–Crippen MR) is 110 cm³/mol. The van der Waals surface area contributed by atoms with E-state index in [0.717, 1.165) is 25.7 Å². The molecule has 0 saturated carbocycles. The molecule has 0 spiro atoms. The van der Waals surface area contributed by atoms with Crippen LogP contribution in [0.5, 0.6) is 0 Å². The van der Waals surface area contributed by atoms with Gasteiger partial charge < -0.3 is 13.9 Å². The van der Waals surface area contributed by atoms with E-state index < -0.39 is 0 Å². The van der Waals surface area contributed by atoms with Gasteiger partial charge in [-0.2, -0.15) is 0 Å². The monoisotopic (exact) mass is 396 g/mol. The molecule has 0 bridgehead atoms. The number of benzene rings is 1. The van der Waals surface area contributed by atoms with Gasteiger partial charge in [0, 0.05) is 24.3 Å². The third-order valence-corrected chi connectivity index (χ3v) is 5.86. The molecule has 3 heterocycles. The molecule has 1 fully saturated rings. The van der Waals surface area contributed by atoms with Gasteiger partial charge in [0.2, 0.25) is 0 Å². The summed E-state index contributed by atoms with van der Waals surface area (Å²) in [5, 5.41) is 0.284. The summed E-state index contributed by atoms with van der Waals surface area (Å²) in [6.45, 7) is 4.59. The van der Waals surface area contributed by atoms with Gasteiger partial charge in [0.05, 0.1) is 17.5 Å². The maximum absolute atomic E-state index is 14.1. The Bertz CT molecular complexity index is 1110. The summed E-state index contributed by atoms with van der Waals surface area (Å²) in [5.74, 6) is -0.0574. The summed E-state index contributed by atoms with van der Waals surface area (Å²) in [6, 6.07) is 8.23. The lowest BCUT2D eigenvalue weighted by Crippen LogP contribution is -2.43. The largest absolute Gasteiger partial charge is 0.460 e. The zero-order chi connectivity index (χ0) is 20.5. The third kappa shape index (κ3) is 3.48. The van der Waals surface area contributed by atoms with Gasteiger partial charge in [-0.15, -0.1) is 0 Å². The Morgan fingerprint density at radius 3 is 2.79 bits per heavy atom. The van der Waals surface area contributed by atoms with E-state index in [4.69, 9.17) is 4.42 Å². The quantitative estimate of drug-likeness (QED) is 0.653. The van der Waals surface area contributed by atoms with Crippen molar-refractivity contribution in [3.63, 3.8) is 0 Å². The lowest BCUT2D eigenvalue weighted by molar-refractivity contribution is 0.0608. The number of rotatable bonds is 4. The van der Waals surface area contributed by atoms with Crippen molar-refractivity contribution in [2.75, 3.05) is 6.54 Å². The van der Waals surface area contributed by atoms with Crippen LogP contribution in [0.25, 0.3) is 11.0 Å². The summed E-state index contributed by atoms with van der Waals surface area (Å²) >= 11 is 0. The maximum Gasteiger partial charge on any atom is 0.262 e. The van der Waals surface area contributed by atoms with Crippen molar-refractivity contribution >= 4 is 16.9 Å². The van der Waals surface area contributed by atoms with E-state index in [0.29, 0.717) is 29.0 Å². The van der Waals surface area contributed by atoms with Crippen molar-refractivity contribution in [3.8, 4) is 0 Å². The van der Waals surface area contributed by atoms with E-state index in [1.54, 1.807) is 37.4 Å². The van der Waals surface area contributed by atoms with Crippen LogP contribution in [0.1, 0.15) is 54.3 Å². The van der Waals surface area contributed by atoms with Gasteiger partial charge in [0.25, 0.3) is 11.5 Å². The number of likely N-dealkylation sites (tertiary alicyclic amines) is 1. The normalized spacial score (nSPS) is 17.1. The highest BCUT2D eigenvalue weighted by Crippen LogP contribution is 2.28. The number of pyridine rings is 1. The molecule has 29 heavy (non-hydrogen) atoms. The molecule has 0 radical (unpaired) electrons. The fourth-order valence-electron chi connectivity index (χ4n) is 4.29. The molecule has 3 aromatic rings. The van der Waals surface area contributed by atoms with Gasteiger partial charge in [-0.25, -0.2) is 4.39 Å². The maximum atomic E-state index is 14.1. The Labute approximate surface area is 168 Å². The SMILES string of the molecule is CCC1CCCCN1C(=O)c1c(C)oc2ccn(Cc3ccccc3F)c(=O)c12. The van der Waals surface area contributed by atoms with Gasteiger partial charge >= 0.3 is 0 Å². The molecule has 1 aromatic carbocycles. The Morgan fingerprint density at radius 1 is 1.24 bits per heavy atom. The number of carbonyl (C=O) groups is 1. The molecule has 2 aromatic heterocycles. The van der Waals surface area contributed by atoms with Crippen LogP contribution in [0.3, 0.4) is 0 Å². The number of piperidine rings is 1. The first-order chi connectivity index (χ1) is 14.0. The number of fused-ring (bicyclic) bond motifs is 1. The first-order valence-corrected chi connectivity index (χ1v) is 10.2. The molecule has 0 aliphatic carbocycles. The van der Waals surface area contributed by atoms with Gasteiger partial charge in [-0.1, -0.05) is 25.1 Å². The second-order valence-corrected chi connectivity index (χ2v) is 7.67. The molecule has 1 unspecified atom stereocenters. The van der Waals surface area contributed by atoms with Crippen LogP contribution >= 0.6 is 0 Å². The molecular weight excluding hydrogens is 371 g/mol. The second-order valence-electron chi connectivity index (χ2n) is 7.67. The highest BCUT2D eigenvalue weighted by molar-refractivity contribution is 6.07. The minimum atomic E-state index is -0.363. The molecule has 4 rings (SSSR count). The molecule has 1 atom stereocenters. The van der Waals surface area contributed by atoms with Crippen LogP contribution in [0.15, 0.2) is 45.7 Å². The number of furan rings is 1. The van der Waals surface area contributed by atoms with Gasteiger partial charge in [-0.3, -0.25) is 9.59 Å². The number of carbonyl (C=O) groups excluding carboxylic acids is 1. The standard InChI is InChI=1S/C23H25FN2O3/c1-3-17-9-6-7-12-26(17)23(28)20-15(2)29-19-11-13-25(22(27)21(19)20)14-16-8-4-5-10-18(16)24/h4-5,8,10-11,13,17H,3,6-7,9,12,14H2,1-2H3. The zero-order valence-corrected chi connectivity index (χ0v) is 16.8. The van der Waals surface area contributed by atoms with Crippen LogP contribution < -0.4 is 5.56 Å². The highest BCUT2D eigenvalue weighted by Gasteiger charge is 2.31. The molecule has 5 nitrogen and oxygen atoms in total. The summed E-state index contributed by atoms with van der Waals surface area (Å²) in [7, 11) is 0. The van der Waals surface area contributed by atoms with Crippen molar-refractivity contribution in [1.82, 2.24) is 9.47 Å². The summed E-state index contributed by atoms with van der Waals surface area (Å²) in [4.78, 5) is 28.5. The summed E-state index contributed by atoms with van der Waals surface area (Å²) in [5.41, 5.74) is 0.819. The van der Waals surface area contributed by atoms with Crippen LogP contribution in [-0.4, -0.2) is 28.0 Å². The van der Waals surface area contributed by atoms with E-state index >= 15 is 0 Å². The van der Waals surface area contributed by atoms with E-state index in [9.17, 15) is 14.0 Å². The topological polar surface area (TPSA) is 55.5 Å². The van der Waals surface area contributed by atoms with Gasteiger partial charge in [-0.05, 0) is 44.7 Å². The number of hydrogen-bond donors (Lipinski definition) is 0. The van der Waals surface area contributed by atoms with Crippen LogP contribution in [0.2, 0.25) is 0 Å². The van der Waals surface area contributed by atoms with E-state index in [2.05, 4.69) is 6.92 Å². The highest BCUT2D eigenvalue weighted by atomic mass is 19.1. The summed E-state index contributed by atoms with van der Waals surface area (Å²) in [6.07, 6.45) is 5.54. The molecule has 1 saturated heterocycles. The minimum absolute atomic E-state index is 0.0978. The van der Waals surface area contributed by atoms with Gasteiger partial charge in [0.1, 0.15) is 17.2 Å². The Morgan fingerprint density at radius 2 is 2.03 bits per heavy atom. The molecule has 6 heteroatoms. The van der Waals surface area contributed by atoms with Crippen molar-refractivity contribution < 1.29 is 13.6 Å². The van der Waals surface area contributed by atoms with E-state index in [1.165, 1.54) is 10.6 Å². The lowest BCUT2D eigenvalue weighted by Gasteiger charge is -2.35. The molecule has 1 aliphatic rings. The first-order valence-electron chi connectivity index (χ1n) is 10.2. The minimum Gasteiger partial charge on any atom is -0.460 e. The molecule has 1 amide bonds. The van der Waals surface area contributed by atoms with Crippen molar-refractivity contribution in [3.05, 3.63) is 69.6 Å². The van der Waals surface area contributed by atoms with Crippen LogP contribution in [0.4, 0.5) is 4.39 Å². The molecule has 1 aliphatic heterocycles. The number of amides is 1. The molecule has 0 N–H and O–H groups in total. The van der Waals surface area contributed by atoms with Gasteiger partial charge in [0.15, 0.2) is 0 Å². The number of nitrogens with zero attached hydrogens (tertiary/aromatic N) is 2.